The molecule has 0 saturated heterocycles. The predicted octanol–water partition coefficient (Wildman–Crippen LogP) is 5.45. The topological polar surface area (TPSA) is 0 Å². The lowest BCUT2D eigenvalue weighted by Crippen LogP contribution is -1.89. The van der Waals surface area contributed by atoms with Crippen LogP contribution in [0.3, 0.4) is 0 Å². The van der Waals surface area contributed by atoms with E-state index < -0.39 is 0 Å². The van der Waals surface area contributed by atoms with Crippen LogP contribution in [0.5, 0.6) is 0 Å². The van der Waals surface area contributed by atoms with Crippen molar-refractivity contribution in [2.45, 2.75) is 6.92 Å². The third-order valence-corrected chi connectivity index (χ3v) is 3.28. The molecule has 0 amide bonds. The quantitative estimate of drug-likeness (QED) is 0.676. The van der Waals surface area contributed by atoms with E-state index in [1.165, 1.54) is 0 Å². The molecule has 2 rings (SSSR count). The average molecular weight is 263 g/mol. The van der Waals surface area contributed by atoms with Gasteiger partial charge in [-0.05, 0) is 24.6 Å². The molecule has 86 valence electrons. The molecule has 0 aliphatic rings. The molecular weight excluding hydrogens is 251 g/mol. The highest BCUT2D eigenvalue weighted by Gasteiger charge is 2.10. The maximum absolute atomic E-state index is 6.22. The van der Waals surface area contributed by atoms with Gasteiger partial charge in [0.2, 0.25) is 0 Å². The summed E-state index contributed by atoms with van der Waals surface area (Å²) in [4.78, 5) is 0. The average Bonchev–Trinajstić information content (AvgIpc) is 2.34. The highest BCUT2D eigenvalue weighted by atomic mass is 35.5. The van der Waals surface area contributed by atoms with Crippen molar-refractivity contribution in [1.82, 2.24) is 0 Å². The lowest BCUT2D eigenvalue weighted by Gasteiger charge is -2.11. The molecule has 0 nitrogen and oxygen atoms in total. The van der Waals surface area contributed by atoms with E-state index in [4.69, 9.17) is 23.2 Å². The van der Waals surface area contributed by atoms with Crippen molar-refractivity contribution in [1.29, 1.82) is 0 Å². The number of rotatable bonds is 2. The van der Waals surface area contributed by atoms with Crippen LogP contribution in [0.2, 0.25) is 10.0 Å². The van der Waals surface area contributed by atoms with Crippen molar-refractivity contribution in [3.05, 3.63) is 75.8 Å². The van der Waals surface area contributed by atoms with Crippen LogP contribution < -0.4 is 0 Å². The van der Waals surface area contributed by atoms with E-state index in [-0.39, 0.29) is 0 Å². The summed E-state index contributed by atoms with van der Waals surface area (Å²) < 4.78 is 0. The van der Waals surface area contributed by atoms with Gasteiger partial charge in [0.1, 0.15) is 0 Å². The Labute approximate surface area is 112 Å². The molecule has 0 radical (unpaired) electrons. The van der Waals surface area contributed by atoms with Crippen molar-refractivity contribution < 1.29 is 0 Å². The second kappa shape index (κ2) is 5.39. The van der Waals surface area contributed by atoms with Gasteiger partial charge in [0.15, 0.2) is 0 Å². The molecule has 2 heteroatoms. The van der Waals surface area contributed by atoms with Crippen LogP contribution in [-0.2, 0) is 0 Å². The summed E-state index contributed by atoms with van der Waals surface area (Å²) in [7, 11) is 0. The smallest absolute Gasteiger partial charge is 0.0484 e. The number of benzene rings is 2. The minimum atomic E-state index is 0.737. The van der Waals surface area contributed by atoms with Crippen LogP contribution in [0.15, 0.2) is 54.6 Å². The lowest BCUT2D eigenvalue weighted by atomic mass is 9.98. The second-order valence-corrected chi connectivity index (χ2v) is 4.48. The molecule has 0 aliphatic carbocycles. The molecule has 0 unspecified atom stereocenters. The summed E-state index contributed by atoms with van der Waals surface area (Å²) in [6.07, 6.45) is 2.03. The Morgan fingerprint density at radius 3 is 1.59 bits per heavy atom. The van der Waals surface area contributed by atoms with E-state index in [1.54, 1.807) is 0 Å². The van der Waals surface area contributed by atoms with Crippen LogP contribution >= 0.6 is 23.2 Å². The third kappa shape index (κ3) is 2.54. The predicted molar refractivity (Wildman–Crippen MR) is 75.7 cm³/mol. The lowest BCUT2D eigenvalue weighted by molar-refractivity contribution is 1.52. The Morgan fingerprint density at radius 2 is 1.24 bits per heavy atom. The summed E-state index contributed by atoms with van der Waals surface area (Å²) in [6, 6.07) is 15.6. The summed E-state index contributed by atoms with van der Waals surface area (Å²) in [6.45, 7) is 1.99. The minimum absolute atomic E-state index is 0.737. The van der Waals surface area contributed by atoms with Gasteiger partial charge < -0.3 is 0 Å². The van der Waals surface area contributed by atoms with Gasteiger partial charge in [-0.25, -0.2) is 0 Å². The van der Waals surface area contributed by atoms with E-state index >= 15 is 0 Å². The van der Waals surface area contributed by atoms with E-state index in [9.17, 15) is 0 Å². The number of allylic oxidation sites excluding steroid dienone is 1. The normalized spacial score (nSPS) is 10.1. The highest BCUT2D eigenvalue weighted by molar-refractivity contribution is 6.34. The van der Waals surface area contributed by atoms with Crippen LogP contribution in [0.25, 0.3) is 5.57 Å². The van der Waals surface area contributed by atoms with Gasteiger partial charge in [0.05, 0.1) is 0 Å². The summed E-state index contributed by atoms with van der Waals surface area (Å²) >= 11 is 12.4. The first-order valence-electron chi connectivity index (χ1n) is 5.40. The molecule has 0 aromatic heterocycles. The van der Waals surface area contributed by atoms with Crippen LogP contribution in [0, 0.1) is 0 Å². The molecule has 0 spiro atoms. The Morgan fingerprint density at radius 1 is 0.824 bits per heavy atom. The van der Waals surface area contributed by atoms with Crippen molar-refractivity contribution in [2.75, 3.05) is 0 Å². The van der Waals surface area contributed by atoms with E-state index in [0.29, 0.717) is 0 Å². The van der Waals surface area contributed by atoms with Gasteiger partial charge in [-0.15, -0.1) is 0 Å². The monoisotopic (exact) mass is 262 g/mol. The van der Waals surface area contributed by atoms with E-state index in [2.05, 4.69) is 0 Å². The summed E-state index contributed by atoms with van der Waals surface area (Å²) in [5.74, 6) is 0. The molecule has 0 N–H and O–H groups in total. The molecule has 0 heterocycles. The van der Waals surface area contributed by atoms with Gasteiger partial charge in [-0.1, -0.05) is 65.7 Å². The van der Waals surface area contributed by atoms with Gasteiger partial charge in [0.25, 0.3) is 0 Å². The molecule has 0 bridgehead atoms. The number of hydrogen-bond acceptors (Lipinski definition) is 0. The molecule has 0 fully saturated rings. The maximum atomic E-state index is 6.22. The van der Waals surface area contributed by atoms with Crippen molar-refractivity contribution >= 4 is 28.8 Å². The van der Waals surface area contributed by atoms with Crippen LogP contribution in [-0.4, -0.2) is 0 Å². The molecule has 17 heavy (non-hydrogen) atoms. The summed E-state index contributed by atoms with van der Waals surface area (Å²) in [5, 5.41) is 1.47. The molecule has 2 aromatic carbocycles. The molecule has 0 atom stereocenters. The Balaban J connectivity index is 2.57. The first-order chi connectivity index (χ1) is 8.24. The maximum Gasteiger partial charge on any atom is 0.0484 e. The molecular formula is C15H12Cl2. The highest BCUT2D eigenvalue weighted by Crippen LogP contribution is 2.32. The number of hydrogen-bond donors (Lipinski definition) is 0. The Bertz CT molecular complexity index is 509. The van der Waals surface area contributed by atoms with Crippen molar-refractivity contribution in [3.8, 4) is 0 Å². The fraction of sp³-hybridized carbons (Fsp3) is 0.0667. The standard InChI is InChI=1S/C15H12Cl2/c1-2-11(12-7-3-5-9-14(12)16)13-8-4-6-10-15(13)17/h2-10H,1H3. The fourth-order valence-corrected chi connectivity index (χ4v) is 2.29. The van der Waals surface area contributed by atoms with Crippen LogP contribution in [0.4, 0.5) is 0 Å². The molecule has 2 aromatic rings. The molecule has 0 aliphatic heterocycles. The largest absolute Gasteiger partial charge is 0.0837 e. The Hall–Kier alpha value is -1.24. The SMILES string of the molecule is CC=C(c1ccccc1Cl)c1ccccc1Cl. The van der Waals surface area contributed by atoms with Gasteiger partial charge in [0, 0.05) is 21.2 Å². The zero-order valence-electron chi connectivity index (χ0n) is 9.45. The zero-order chi connectivity index (χ0) is 12.3. The fourth-order valence-electron chi connectivity index (χ4n) is 1.82. The zero-order valence-corrected chi connectivity index (χ0v) is 11.0. The third-order valence-electron chi connectivity index (χ3n) is 2.62. The summed E-state index contributed by atoms with van der Waals surface area (Å²) in [5.41, 5.74) is 3.07. The van der Waals surface area contributed by atoms with Crippen molar-refractivity contribution in [2.24, 2.45) is 0 Å². The first-order valence-corrected chi connectivity index (χ1v) is 6.15. The minimum Gasteiger partial charge on any atom is -0.0837 e. The van der Waals surface area contributed by atoms with Crippen LogP contribution in [0.1, 0.15) is 18.1 Å². The first kappa shape index (κ1) is 12.2. The van der Waals surface area contributed by atoms with Crippen molar-refractivity contribution in [3.63, 3.8) is 0 Å². The van der Waals surface area contributed by atoms with Gasteiger partial charge in [-0.2, -0.15) is 0 Å². The van der Waals surface area contributed by atoms with E-state index in [1.807, 2.05) is 61.5 Å². The Kier molecular flexibility index (Phi) is 3.88. The van der Waals surface area contributed by atoms with E-state index in [0.717, 1.165) is 26.7 Å². The second-order valence-electron chi connectivity index (χ2n) is 3.66. The van der Waals surface area contributed by atoms with Gasteiger partial charge in [-0.3, -0.25) is 0 Å². The molecule has 0 saturated carbocycles. The van der Waals surface area contributed by atoms with Gasteiger partial charge >= 0.3 is 0 Å². The number of halogens is 2.